The molecule has 0 bridgehead atoms. The van der Waals surface area contributed by atoms with E-state index < -0.39 is 0 Å². The summed E-state index contributed by atoms with van der Waals surface area (Å²) in [5, 5.41) is 13.8. The largest absolute Gasteiger partial charge is 0.416 e. The van der Waals surface area contributed by atoms with Gasteiger partial charge in [0.2, 0.25) is 11.8 Å². The van der Waals surface area contributed by atoms with Crippen molar-refractivity contribution >= 4 is 22.7 Å². The van der Waals surface area contributed by atoms with Crippen molar-refractivity contribution in [1.29, 1.82) is 0 Å². The average Bonchev–Trinajstić information content (AvgIpc) is 3.18. The van der Waals surface area contributed by atoms with E-state index in [0.717, 1.165) is 29.5 Å². The van der Waals surface area contributed by atoms with Crippen LogP contribution in [-0.4, -0.2) is 20.3 Å². The Morgan fingerprint density at radius 1 is 1.08 bits per heavy atom. The monoisotopic (exact) mass is 338 g/mol. The van der Waals surface area contributed by atoms with Crippen molar-refractivity contribution in [1.82, 2.24) is 20.3 Å². The van der Waals surface area contributed by atoms with Crippen LogP contribution in [0.15, 0.2) is 45.5 Å². The minimum Gasteiger partial charge on any atom is -0.416 e. The fraction of sp³-hybridized carbons (Fsp3) is 0.176. The Morgan fingerprint density at radius 3 is 2.75 bits per heavy atom. The molecule has 1 aromatic carbocycles. The Bertz CT molecular complexity index is 1050. The summed E-state index contributed by atoms with van der Waals surface area (Å²) in [4.78, 5) is 4.30. The quantitative estimate of drug-likeness (QED) is 0.548. The van der Waals surface area contributed by atoms with Gasteiger partial charge in [-0.05, 0) is 31.0 Å². The molecule has 24 heavy (non-hydrogen) atoms. The van der Waals surface area contributed by atoms with Crippen molar-refractivity contribution in [2.24, 2.45) is 0 Å². The number of pyridine rings is 1. The van der Waals surface area contributed by atoms with Crippen molar-refractivity contribution in [3.63, 3.8) is 0 Å². The molecule has 0 atom stereocenters. The zero-order valence-corrected chi connectivity index (χ0v) is 13.2. The molecule has 1 aliphatic rings. The lowest BCUT2D eigenvalue weighted by Crippen LogP contribution is -1.83. The van der Waals surface area contributed by atoms with Crippen LogP contribution in [0.3, 0.4) is 0 Å². The summed E-state index contributed by atoms with van der Waals surface area (Å²) >= 11 is 6.18. The summed E-state index contributed by atoms with van der Waals surface area (Å²) in [5.74, 6) is 1.25. The van der Waals surface area contributed by atoms with Gasteiger partial charge in [0.05, 0.1) is 27.2 Å². The molecular formula is C17H11ClN4O2. The van der Waals surface area contributed by atoms with Crippen molar-refractivity contribution in [3.05, 3.63) is 47.2 Å². The van der Waals surface area contributed by atoms with Gasteiger partial charge in [0, 0.05) is 12.1 Å². The molecule has 3 heterocycles. The van der Waals surface area contributed by atoms with Crippen molar-refractivity contribution in [3.8, 4) is 22.9 Å². The molecule has 0 spiro atoms. The minimum atomic E-state index is 0.378. The normalized spacial score (nSPS) is 14.4. The maximum Gasteiger partial charge on any atom is 0.257 e. The predicted molar refractivity (Wildman–Crippen MR) is 87.5 cm³/mol. The lowest BCUT2D eigenvalue weighted by atomic mass is 10.1. The van der Waals surface area contributed by atoms with Gasteiger partial charge in [0.25, 0.3) is 5.71 Å². The van der Waals surface area contributed by atoms with Crippen molar-refractivity contribution in [2.75, 3.05) is 0 Å². The fourth-order valence-corrected chi connectivity index (χ4v) is 2.92. The van der Waals surface area contributed by atoms with Crippen LogP contribution >= 0.6 is 11.6 Å². The van der Waals surface area contributed by atoms with Gasteiger partial charge in [-0.15, -0.1) is 10.2 Å². The van der Waals surface area contributed by atoms with Gasteiger partial charge in [-0.1, -0.05) is 28.9 Å². The van der Waals surface area contributed by atoms with E-state index in [-0.39, 0.29) is 0 Å². The molecule has 0 radical (unpaired) electrons. The van der Waals surface area contributed by atoms with Crippen LogP contribution in [0.1, 0.15) is 24.5 Å². The standard InChI is InChI=1S/C17H11ClN4O2/c18-13-4-2-1-3-11(13)17-21-20-15(23-17)10-7-12-14(9-5-6-9)22-24-16(12)19-8-10/h1-4,7-9H,5-6H2. The van der Waals surface area contributed by atoms with E-state index in [1.54, 1.807) is 12.3 Å². The van der Waals surface area contributed by atoms with Gasteiger partial charge in [-0.2, -0.15) is 0 Å². The van der Waals surface area contributed by atoms with Gasteiger partial charge < -0.3 is 8.94 Å². The first-order valence-electron chi connectivity index (χ1n) is 7.64. The first kappa shape index (κ1) is 13.7. The second-order valence-electron chi connectivity index (χ2n) is 5.81. The number of nitrogens with zero attached hydrogens (tertiary/aromatic N) is 4. The number of fused-ring (bicyclic) bond motifs is 1. The molecule has 1 aliphatic carbocycles. The van der Waals surface area contributed by atoms with Gasteiger partial charge in [-0.3, -0.25) is 0 Å². The maximum atomic E-state index is 6.18. The van der Waals surface area contributed by atoms with Crippen LogP contribution in [0.25, 0.3) is 34.0 Å². The Morgan fingerprint density at radius 2 is 1.92 bits per heavy atom. The highest BCUT2D eigenvalue weighted by Gasteiger charge is 2.29. The van der Waals surface area contributed by atoms with E-state index >= 15 is 0 Å². The van der Waals surface area contributed by atoms with Crippen LogP contribution in [-0.2, 0) is 0 Å². The van der Waals surface area contributed by atoms with Gasteiger partial charge >= 0.3 is 0 Å². The van der Waals surface area contributed by atoms with Crippen molar-refractivity contribution < 1.29 is 8.94 Å². The summed E-state index contributed by atoms with van der Waals surface area (Å²) in [7, 11) is 0. The summed E-state index contributed by atoms with van der Waals surface area (Å²) in [6.07, 6.45) is 3.93. The number of benzene rings is 1. The molecule has 0 amide bonds. The van der Waals surface area contributed by atoms with E-state index in [4.69, 9.17) is 20.5 Å². The van der Waals surface area contributed by atoms with Crippen LogP contribution in [0.2, 0.25) is 5.02 Å². The highest BCUT2D eigenvalue weighted by Crippen LogP contribution is 2.42. The Labute approximate surface area is 141 Å². The van der Waals surface area contributed by atoms with Crippen LogP contribution < -0.4 is 0 Å². The first-order valence-corrected chi connectivity index (χ1v) is 8.01. The number of hydrogen-bond acceptors (Lipinski definition) is 6. The molecule has 6 nitrogen and oxygen atoms in total. The Balaban J connectivity index is 1.58. The van der Waals surface area contributed by atoms with Crippen LogP contribution in [0, 0.1) is 0 Å². The number of hydrogen-bond donors (Lipinski definition) is 0. The van der Waals surface area contributed by atoms with E-state index in [2.05, 4.69) is 20.3 Å². The highest BCUT2D eigenvalue weighted by molar-refractivity contribution is 6.33. The summed E-state index contributed by atoms with van der Waals surface area (Å²) < 4.78 is 11.1. The smallest absolute Gasteiger partial charge is 0.257 e. The van der Waals surface area contributed by atoms with E-state index in [9.17, 15) is 0 Å². The van der Waals surface area contributed by atoms with Gasteiger partial charge in [0.1, 0.15) is 0 Å². The molecule has 4 aromatic rings. The topological polar surface area (TPSA) is 77.8 Å². The SMILES string of the molecule is Clc1ccccc1-c1nnc(-c2cnc3onc(C4CC4)c3c2)o1. The Kier molecular flexibility index (Phi) is 2.93. The zero-order chi connectivity index (χ0) is 16.1. The molecule has 0 saturated heterocycles. The zero-order valence-electron chi connectivity index (χ0n) is 12.4. The van der Waals surface area contributed by atoms with Gasteiger partial charge in [0.15, 0.2) is 0 Å². The summed E-state index contributed by atoms with van der Waals surface area (Å²) in [5.41, 5.74) is 2.94. The summed E-state index contributed by atoms with van der Waals surface area (Å²) in [6.45, 7) is 0. The molecule has 5 rings (SSSR count). The molecule has 7 heteroatoms. The molecule has 1 saturated carbocycles. The molecule has 118 valence electrons. The lowest BCUT2D eigenvalue weighted by Gasteiger charge is -1.97. The van der Waals surface area contributed by atoms with E-state index in [0.29, 0.717) is 34.0 Å². The number of rotatable bonds is 3. The minimum absolute atomic E-state index is 0.378. The van der Waals surface area contributed by atoms with E-state index in [1.807, 2.05) is 24.3 Å². The third-order valence-electron chi connectivity index (χ3n) is 4.10. The molecule has 3 aromatic heterocycles. The van der Waals surface area contributed by atoms with Crippen molar-refractivity contribution in [2.45, 2.75) is 18.8 Å². The molecular weight excluding hydrogens is 328 g/mol. The first-order chi connectivity index (χ1) is 11.8. The third kappa shape index (κ3) is 2.18. The third-order valence-corrected chi connectivity index (χ3v) is 4.43. The number of aromatic nitrogens is 4. The predicted octanol–water partition coefficient (Wildman–Crippen LogP) is 4.47. The molecule has 0 N–H and O–H groups in total. The molecule has 0 unspecified atom stereocenters. The second kappa shape index (κ2) is 5.14. The lowest BCUT2D eigenvalue weighted by molar-refractivity contribution is 0.439. The Hall–Kier alpha value is -2.73. The second-order valence-corrected chi connectivity index (χ2v) is 6.22. The van der Waals surface area contributed by atoms with Crippen LogP contribution in [0.5, 0.6) is 0 Å². The highest BCUT2D eigenvalue weighted by atomic mass is 35.5. The number of halogens is 1. The average molecular weight is 339 g/mol. The molecule has 0 aliphatic heterocycles. The van der Waals surface area contributed by atoms with Gasteiger partial charge in [-0.25, -0.2) is 4.98 Å². The van der Waals surface area contributed by atoms with Crippen LogP contribution in [0.4, 0.5) is 0 Å². The van der Waals surface area contributed by atoms with E-state index in [1.165, 1.54) is 0 Å². The molecule has 1 fully saturated rings. The summed E-state index contributed by atoms with van der Waals surface area (Å²) in [6, 6.07) is 9.29. The fourth-order valence-electron chi connectivity index (χ4n) is 2.70. The maximum absolute atomic E-state index is 6.18.